The van der Waals surface area contributed by atoms with Gasteiger partial charge in [-0.2, -0.15) is 0 Å². The molecule has 0 bridgehead atoms. The lowest BCUT2D eigenvalue weighted by Gasteiger charge is -2.35. The van der Waals surface area contributed by atoms with Gasteiger partial charge in [0.1, 0.15) is 0 Å². The van der Waals surface area contributed by atoms with Crippen molar-refractivity contribution in [2.75, 3.05) is 26.4 Å². The van der Waals surface area contributed by atoms with Crippen molar-refractivity contribution in [3.63, 3.8) is 0 Å². The van der Waals surface area contributed by atoms with Crippen molar-refractivity contribution < 1.29 is 32.7 Å². The van der Waals surface area contributed by atoms with Gasteiger partial charge in [-0.15, -0.1) is 0 Å². The smallest absolute Gasteiger partial charge is 0.362 e. The predicted octanol–water partition coefficient (Wildman–Crippen LogP) is 5.20. The average Bonchev–Trinajstić information content (AvgIpc) is 2.78. The molecule has 0 aliphatic carbocycles. The Hall–Kier alpha value is -2.47. The molecule has 8 heteroatoms. The van der Waals surface area contributed by atoms with E-state index in [-0.39, 0.29) is 49.4 Å². The summed E-state index contributed by atoms with van der Waals surface area (Å²) in [6, 6.07) is 6.99. The minimum Gasteiger partial charge on any atom is -0.462 e. The van der Waals surface area contributed by atoms with Gasteiger partial charge in [0.25, 0.3) is 0 Å². The van der Waals surface area contributed by atoms with Crippen molar-refractivity contribution in [1.82, 2.24) is 0 Å². The summed E-state index contributed by atoms with van der Waals surface area (Å²) < 4.78 is 36.5. The zero-order chi connectivity index (χ0) is 24.2. The van der Waals surface area contributed by atoms with E-state index in [0.717, 1.165) is 0 Å². The van der Waals surface area contributed by atoms with E-state index in [0.29, 0.717) is 21.6 Å². The van der Waals surface area contributed by atoms with E-state index in [1.165, 1.54) is 0 Å². The molecule has 0 saturated carbocycles. The second kappa shape index (κ2) is 10.2. The Morgan fingerprint density at radius 1 is 1.00 bits per heavy atom. The third-order valence-corrected chi connectivity index (χ3v) is 7.33. The van der Waals surface area contributed by atoms with Crippen LogP contribution >= 0.6 is 7.60 Å². The number of ether oxygens (including phenoxy) is 2. The summed E-state index contributed by atoms with van der Waals surface area (Å²) in [6.07, 6.45) is 3.88. The van der Waals surface area contributed by atoms with Gasteiger partial charge in [-0.25, -0.2) is 9.59 Å². The number of rotatable bonds is 7. The number of allylic oxidation sites excluding steroid dienone is 2. The van der Waals surface area contributed by atoms with Gasteiger partial charge in [-0.1, -0.05) is 50.3 Å². The summed E-state index contributed by atoms with van der Waals surface area (Å²) >= 11 is 0. The highest BCUT2D eigenvalue weighted by Crippen LogP contribution is 2.55. The van der Waals surface area contributed by atoms with Gasteiger partial charge in [0.2, 0.25) is 0 Å². The monoisotopic (exact) mass is 474 g/mol. The van der Waals surface area contributed by atoms with Crippen LogP contribution < -0.4 is 5.30 Å². The third-order valence-electron chi connectivity index (χ3n) is 5.33. The van der Waals surface area contributed by atoms with Crippen LogP contribution in [0.3, 0.4) is 0 Å². The van der Waals surface area contributed by atoms with E-state index in [1.807, 2.05) is 32.9 Å². The Labute approximate surface area is 194 Å². The van der Waals surface area contributed by atoms with Gasteiger partial charge in [0, 0.05) is 5.41 Å². The predicted molar refractivity (Wildman–Crippen MR) is 127 cm³/mol. The molecule has 2 aromatic carbocycles. The van der Waals surface area contributed by atoms with E-state index in [2.05, 4.69) is 0 Å². The van der Waals surface area contributed by atoms with Crippen molar-refractivity contribution >= 4 is 35.6 Å². The Morgan fingerprint density at radius 2 is 1.55 bits per heavy atom. The topological polar surface area (TPSA) is 88.1 Å². The molecule has 1 aliphatic rings. The highest BCUT2D eigenvalue weighted by Gasteiger charge is 2.43. The van der Waals surface area contributed by atoms with Crippen LogP contribution in [0, 0.1) is 5.41 Å². The highest BCUT2D eigenvalue weighted by molar-refractivity contribution is 7.63. The first-order valence-corrected chi connectivity index (χ1v) is 12.7. The van der Waals surface area contributed by atoms with Crippen LogP contribution in [0.15, 0.2) is 36.4 Å². The van der Waals surface area contributed by atoms with Crippen LogP contribution in [-0.4, -0.2) is 38.4 Å². The van der Waals surface area contributed by atoms with Crippen molar-refractivity contribution in [3.05, 3.63) is 53.1 Å². The van der Waals surface area contributed by atoms with Crippen molar-refractivity contribution in [2.45, 2.75) is 41.0 Å². The van der Waals surface area contributed by atoms with E-state index in [1.54, 1.807) is 38.1 Å². The highest BCUT2D eigenvalue weighted by atomic mass is 31.2. The van der Waals surface area contributed by atoms with Crippen LogP contribution in [0.4, 0.5) is 0 Å². The van der Waals surface area contributed by atoms with Crippen LogP contribution in [-0.2, 0) is 29.5 Å². The fourth-order valence-electron chi connectivity index (χ4n) is 3.79. The first-order chi connectivity index (χ1) is 15.7. The number of carbonyl (C=O) groups is 2. The fourth-order valence-corrected chi connectivity index (χ4v) is 6.19. The molecule has 1 heterocycles. The zero-order valence-corrected chi connectivity index (χ0v) is 20.7. The normalized spacial score (nSPS) is 17.2. The number of hydrogen-bond donors (Lipinski definition) is 0. The molecule has 0 N–H and O–H groups in total. The number of carbonyl (C=O) groups excluding carboxylic acids is 2. The standard InChI is InChI=1S/C25H31O7P/c1-6-9-12-19-21(24(27)30-8-3)20(23(26)29-7-2)17-13-10-11-14-18(17)22(19)33(28)31-15-25(4,5)16-32-33/h6,9-11,13-14H,7-8,12,15-16H2,1-5H3/b9-6+. The van der Waals surface area contributed by atoms with Crippen LogP contribution in [0.25, 0.3) is 10.8 Å². The summed E-state index contributed by atoms with van der Waals surface area (Å²) in [4.78, 5) is 26.3. The molecule has 0 spiro atoms. The molecular formula is C25H31O7P. The maximum atomic E-state index is 14.1. The molecule has 1 fully saturated rings. The second-order valence-corrected chi connectivity index (χ2v) is 10.5. The van der Waals surface area contributed by atoms with Gasteiger partial charge in [0.15, 0.2) is 0 Å². The van der Waals surface area contributed by atoms with Gasteiger partial charge in [-0.05, 0) is 43.5 Å². The van der Waals surface area contributed by atoms with E-state index >= 15 is 0 Å². The summed E-state index contributed by atoms with van der Waals surface area (Å²) in [6.45, 7) is 9.87. The Morgan fingerprint density at radius 3 is 2.09 bits per heavy atom. The average molecular weight is 474 g/mol. The SMILES string of the molecule is C/C=C/Cc1c(C(=O)OCC)c(C(=O)OCC)c2ccccc2c1P1(=O)OCC(C)(C)CO1. The van der Waals surface area contributed by atoms with Crippen molar-refractivity contribution in [1.29, 1.82) is 0 Å². The Balaban J connectivity index is 2.45. The molecule has 33 heavy (non-hydrogen) atoms. The van der Waals surface area contributed by atoms with E-state index in [9.17, 15) is 14.2 Å². The fraction of sp³-hybridized carbons (Fsp3) is 0.440. The molecular weight excluding hydrogens is 443 g/mol. The first kappa shape index (κ1) is 25.2. The number of esters is 2. The van der Waals surface area contributed by atoms with Gasteiger partial charge >= 0.3 is 19.5 Å². The number of fused-ring (bicyclic) bond motifs is 1. The molecule has 7 nitrogen and oxygen atoms in total. The molecule has 3 rings (SSSR count). The zero-order valence-electron chi connectivity index (χ0n) is 19.8. The molecule has 178 valence electrons. The van der Waals surface area contributed by atoms with Crippen LogP contribution in [0.2, 0.25) is 0 Å². The number of hydrogen-bond acceptors (Lipinski definition) is 7. The summed E-state index contributed by atoms with van der Waals surface area (Å²) in [5.41, 5.74) is 0.214. The Kier molecular flexibility index (Phi) is 7.78. The minimum atomic E-state index is -3.81. The summed E-state index contributed by atoms with van der Waals surface area (Å²) in [5, 5.41) is 1.25. The summed E-state index contributed by atoms with van der Waals surface area (Å²) in [5.74, 6) is -1.33. The minimum absolute atomic E-state index is 0.0364. The Bertz CT molecular complexity index is 1120. The van der Waals surface area contributed by atoms with Gasteiger partial charge in [-0.3, -0.25) is 4.57 Å². The van der Waals surface area contributed by atoms with Gasteiger partial charge in [0.05, 0.1) is 42.9 Å². The van der Waals surface area contributed by atoms with Crippen molar-refractivity contribution in [3.8, 4) is 0 Å². The first-order valence-electron chi connectivity index (χ1n) is 11.1. The lowest BCUT2D eigenvalue weighted by atomic mass is 9.92. The number of benzene rings is 2. The molecule has 0 radical (unpaired) electrons. The van der Waals surface area contributed by atoms with Crippen molar-refractivity contribution in [2.24, 2.45) is 5.41 Å². The van der Waals surface area contributed by atoms with E-state index in [4.69, 9.17) is 18.5 Å². The lowest BCUT2D eigenvalue weighted by Crippen LogP contribution is -2.34. The largest absolute Gasteiger partial charge is 0.462 e. The molecule has 1 saturated heterocycles. The van der Waals surface area contributed by atoms with Gasteiger partial charge < -0.3 is 18.5 Å². The lowest BCUT2D eigenvalue weighted by molar-refractivity contribution is 0.0461. The van der Waals surface area contributed by atoms with E-state index < -0.39 is 19.5 Å². The maximum Gasteiger partial charge on any atom is 0.362 e. The quantitative estimate of drug-likeness (QED) is 0.309. The maximum absolute atomic E-state index is 14.1. The molecule has 0 atom stereocenters. The van der Waals surface area contributed by atoms with Crippen LogP contribution in [0.1, 0.15) is 60.9 Å². The molecule has 2 aromatic rings. The molecule has 0 aromatic heterocycles. The second-order valence-electron chi connectivity index (χ2n) is 8.55. The summed E-state index contributed by atoms with van der Waals surface area (Å²) in [7, 11) is -3.81. The molecule has 1 aliphatic heterocycles. The molecule has 0 amide bonds. The van der Waals surface area contributed by atoms with Crippen LogP contribution in [0.5, 0.6) is 0 Å². The molecule has 0 unspecified atom stereocenters. The third kappa shape index (κ3) is 5.06.